The Labute approximate surface area is 179 Å². The number of hydrogen-bond acceptors (Lipinski definition) is 6. The van der Waals surface area contributed by atoms with E-state index in [1.54, 1.807) is 0 Å². The predicted octanol–water partition coefficient (Wildman–Crippen LogP) is 4.12. The summed E-state index contributed by atoms with van der Waals surface area (Å²) in [4.78, 5) is 25.9. The van der Waals surface area contributed by atoms with E-state index in [9.17, 15) is 18.0 Å². The van der Waals surface area contributed by atoms with Crippen LogP contribution in [0, 0.1) is 5.92 Å². The van der Waals surface area contributed by atoms with Gasteiger partial charge in [0, 0.05) is 16.3 Å². The Balaban J connectivity index is 1.73. The number of fused-ring (bicyclic) bond motifs is 1. The number of sulfone groups is 1. The van der Waals surface area contributed by atoms with Crippen LogP contribution in [0.4, 0.5) is 5.00 Å². The Hall–Kier alpha value is -1.90. The van der Waals surface area contributed by atoms with Gasteiger partial charge in [-0.15, -0.1) is 11.3 Å². The van der Waals surface area contributed by atoms with Crippen LogP contribution in [0.25, 0.3) is 0 Å². The van der Waals surface area contributed by atoms with Crippen molar-refractivity contribution in [2.45, 2.75) is 37.5 Å². The first-order valence-corrected chi connectivity index (χ1v) is 12.1. The summed E-state index contributed by atoms with van der Waals surface area (Å²) in [6.45, 7) is 2.15. The molecule has 0 saturated carbocycles. The van der Waals surface area contributed by atoms with Crippen molar-refractivity contribution in [2.75, 3.05) is 18.2 Å². The van der Waals surface area contributed by atoms with Crippen LogP contribution in [-0.2, 0) is 32.2 Å². The molecule has 0 unspecified atom stereocenters. The topological polar surface area (TPSA) is 89.5 Å². The number of rotatable bonds is 6. The number of halogens is 1. The summed E-state index contributed by atoms with van der Waals surface area (Å²) in [5, 5.41) is 3.60. The van der Waals surface area contributed by atoms with Crippen molar-refractivity contribution in [1.82, 2.24) is 0 Å². The van der Waals surface area contributed by atoms with Gasteiger partial charge >= 0.3 is 5.97 Å². The third kappa shape index (κ3) is 4.99. The van der Waals surface area contributed by atoms with Gasteiger partial charge in [-0.2, -0.15) is 0 Å². The highest BCUT2D eigenvalue weighted by Crippen LogP contribution is 2.40. The summed E-state index contributed by atoms with van der Waals surface area (Å²) < 4.78 is 29.7. The lowest BCUT2D eigenvalue weighted by molar-refractivity contribution is -0.115. The van der Waals surface area contributed by atoms with Crippen LogP contribution in [0.3, 0.4) is 0 Å². The molecule has 0 aliphatic heterocycles. The lowest BCUT2D eigenvalue weighted by Crippen LogP contribution is -2.19. The van der Waals surface area contributed by atoms with E-state index in [0.717, 1.165) is 29.7 Å². The van der Waals surface area contributed by atoms with Crippen molar-refractivity contribution >= 4 is 49.7 Å². The molecular weight excluding hydrogens is 434 g/mol. The number of carbonyl (C=O) groups excluding carboxylic acids is 2. The molecule has 0 radical (unpaired) electrons. The molecule has 1 aromatic carbocycles. The predicted molar refractivity (Wildman–Crippen MR) is 114 cm³/mol. The number of carbonyl (C=O) groups is 2. The molecule has 9 heteroatoms. The van der Waals surface area contributed by atoms with E-state index in [2.05, 4.69) is 12.2 Å². The number of anilines is 1. The van der Waals surface area contributed by atoms with Crippen molar-refractivity contribution in [3.63, 3.8) is 0 Å². The Morgan fingerprint density at radius 3 is 2.62 bits per heavy atom. The van der Waals surface area contributed by atoms with Crippen LogP contribution in [0.15, 0.2) is 29.2 Å². The van der Waals surface area contributed by atoms with E-state index in [0.29, 0.717) is 21.5 Å². The van der Waals surface area contributed by atoms with Crippen LogP contribution < -0.4 is 5.32 Å². The average Bonchev–Trinajstić information content (AvgIpc) is 3.03. The summed E-state index contributed by atoms with van der Waals surface area (Å²) >= 11 is 7.16. The van der Waals surface area contributed by atoms with Crippen molar-refractivity contribution in [3.05, 3.63) is 45.3 Å². The molecule has 0 fully saturated rings. The maximum absolute atomic E-state index is 12.4. The van der Waals surface area contributed by atoms with Crippen LogP contribution in [-0.4, -0.2) is 33.2 Å². The molecule has 1 N–H and O–H groups in total. The number of ether oxygens (including phenoxy) is 1. The molecule has 0 saturated heterocycles. The molecule has 0 bridgehead atoms. The number of nitrogens with one attached hydrogen (secondary N) is 1. The first kappa shape index (κ1) is 21.8. The SMILES string of the molecule is COC(=O)c1c(NC(=O)CCS(=O)(=O)c2ccc(Cl)cc2)sc2c1CC[C@@H](C)C2. The van der Waals surface area contributed by atoms with Gasteiger partial charge in [-0.1, -0.05) is 18.5 Å². The first-order valence-electron chi connectivity index (χ1n) is 9.22. The van der Waals surface area contributed by atoms with E-state index in [4.69, 9.17) is 16.3 Å². The Kier molecular flexibility index (Phi) is 6.65. The van der Waals surface area contributed by atoms with Crippen molar-refractivity contribution in [3.8, 4) is 0 Å². The van der Waals surface area contributed by atoms with Crippen LogP contribution in [0.2, 0.25) is 5.02 Å². The van der Waals surface area contributed by atoms with E-state index >= 15 is 0 Å². The summed E-state index contributed by atoms with van der Waals surface area (Å²) in [6.07, 6.45) is 2.37. The normalized spacial score (nSPS) is 16.2. The molecule has 156 valence electrons. The van der Waals surface area contributed by atoms with Gasteiger partial charge < -0.3 is 10.1 Å². The van der Waals surface area contributed by atoms with Gasteiger partial charge in [0.2, 0.25) is 5.91 Å². The van der Waals surface area contributed by atoms with Crippen LogP contribution in [0.1, 0.15) is 40.6 Å². The quantitative estimate of drug-likeness (QED) is 0.662. The van der Waals surface area contributed by atoms with Gasteiger partial charge in [0.15, 0.2) is 9.84 Å². The van der Waals surface area contributed by atoms with E-state index in [1.165, 1.54) is 42.7 Å². The third-order valence-electron chi connectivity index (χ3n) is 4.92. The number of methoxy groups -OCH3 is 1. The minimum Gasteiger partial charge on any atom is -0.465 e. The Morgan fingerprint density at radius 1 is 1.28 bits per heavy atom. The lowest BCUT2D eigenvalue weighted by atomic mass is 9.88. The van der Waals surface area contributed by atoms with Crippen molar-refractivity contribution in [1.29, 1.82) is 0 Å². The molecule has 1 aliphatic rings. The van der Waals surface area contributed by atoms with Gasteiger partial charge in [0.1, 0.15) is 5.00 Å². The third-order valence-corrected chi connectivity index (χ3v) is 8.08. The monoisotopic (exact) mass is 455 g/mol. The maximum Gasteiger partial charge on any atom is 0.341 e. The standard InChI is InChI=1S/C20H22ClNO5S2/c1-12-3-8-15-16(11-12)28-19(18(15)20(24)27-2)22-17(23)9-10-29(25,26)14-6-4-13(21)5-7-14/h4-7,12H,3,8-11H2,1-2H3,(H,22,23)/t12-/m1/s1. The zero-order chi connectivity index (χ0) is 21.2. The van der Waals surface area contributed by atoms with Gasteiger partial charge in [-0.05, 0) is 55.0 Å². The minimum absolute atomic E-state index is 0.116. The van der Waals surface area contributed by atoms with Gasteiger partial charge in [0.05, 0.1) is 23.3 Å². The van der Waals surface area contributed by atoms with Crippen LogP contribution in [0.5, 0.6) is 0 Å². The summed E-state index contributed by atoms with van der Waals surface area (Å²) in [6, 6.07) is 5.82. The van der Waals surface area contributed by atoms with Gasteiger partial charge in [-0.3, -0.25) is 4.79 Å². The Bertz CT molecular complexity index is 1030. The molecule has 2 aromatic rings. The molecule has 0 spiro atoms. The summed E-state index contributed by atoms with van der Waals surface area (Å²) in [5.74, 6) is -0.768. The number of thiophene rings is 1. The second-order valence-corrected chi connectivity index (χ2v) is 10.8. The summed E-state index contributed by atoms with van der Waals surface area (Å²) in [5.41, 5.74) is 1.33. The number of amides is 1. The Morgan fingerprint density at radius 2 is 1.97 bits per heavy atom. The molecule has 6 nitrogen and oxygen atoms in total. The molecule has 1 atom stereocenters. The highest BCUT2D eigenvalue weighted by Gasteiger charge is 2.29. The maximum atomic E-state index is 12.4. The second-order valence-electron chi connectivity index (χ2n) is 7.12. The van der Waals surface area contributed by atoms with Crippen molar-refractivity contribution < 1.29 is 22.7 Å². The van der Waals surface area contributed by atoms with Crippen LogP contribution >= 0.6 is 22.9 Å². The lowest BCUT2D eigenvalue weighted by Gasteiger charge is -2.18. The van der Waals surface area contributed by atoms with Gasteiger partial charge in [0.25, 0.3) is 0 Å². The molecule has 1 heterocycles. The zero-order valence-electron chi connectivity index (χ0n) is 16.2. The molecule has 3 rings (SSSR count). The number of benzene rings is 1. The van der Waals surface area contributed by atoms with E-state index < -0.39 is 21.7 Å². The number of hydrogen-bond donors (Lipinski definition) is 1. The van der Waals surface area contributed by atoms with E-state index in [-0.39, 0.29) is 17.1 Å². The minimum atomic E-state index is -3.61. The highest BCUT2D eigenvalue weighted by molar-refractivity contribution is 7.91. The molecule has 1 amide bonds. The molecule has 1 aromatic heterocycles. The first-order chi connectivity index (χ1) is 13.7. The fourth-order valence-electron chi connectivity index (χ4n) is 3.33. The fraction of sp³-hybridized carbons (Fsp3) is 0.400. The second kappa shape index (κ2) is 8.85. The molecule has 29 heavy (non-hydrogen) atoms. The zero-order valence-corrected chi connectivity index (χ0v) is 18.5. The highest BCUT2D eigenvalue weighted by atomic mass is 35.5. The number of esters is 1. The molecule has 1 aliphatic carbocycles. The summed E-state index contributed by atoms with van der Waals surface area (Å²) in [7, 11) is -2.31. The van der Waals surface area contributed by atoms with Crippen molar-refractivity contribution in [2.24, 2.45) is 5.92 Å². The van der Waals surface area contributed by atoms with E-state index in [1.807, 2.05) is 0 Å². The van der Waals surface area contributed by atoms with Gasteiger partial charge in [-0.25, -0.2) is 13.2 Å². The largest absolute Gasteiger partial charge is 0.465 e. The molecular formula is C20H22ClNO5S2. The average molecular weight is 456 g/mol. The fourth-order valence-corrected chi connectivity index (χ4v) is 6.11. The smallest absolute Gasteiger partial charge is 0.341 e.